The van der Waals surface area contributed by atoms with Gasteiger partial charge in [-0.05, 0) is 32.3 Å². The molecule has 1 unspecified atom stereocenters. The van der Waals surface area contributed by atoms with Crippen molar-refractivity contribution in [3.63, 3.8) is 0 Å². The normalized spacial score (nSPS) is 12.0. The lowest BCUT2D eigenvalue weighted by atomic mass is 10.0. The van der Waals surface area contributed by atoms with E-state index in [1.165, 1.54) is 0 Å². The zero-order valence-corrected chi connectivity index (χ0v) is 14.3. The quantitative estimate of drug-likeness (QED) is 0.729. The molecule has 2 aromatic rings. The number of aromatic nitrogens is 1. The minimum Gasteiger partial charge on any atom is -0.396 e. The maximum Gasteiger partial charge on any atom is 0.315 e. The topological polar surface area (TPSA) is 74.2 Å². The highest BCUT2D eigenvalue weighted by atomic mass is 32.1. The van der Waals surface area contributed by atoms with Gasteiger partial charge >= 0.3 is 6.03 Å². The molecule has 6 heteroatoms. The van der Waals surface area contributed by atoms with Crippen molar-refractivity contribution in [2.75, 3.05) is 6.61 Å². The molecule has 0 aliphatic carbocycles. The summed E-state index contributed by atoms with van der Waals surface area (Å²) in [6, 6.07) is 9.50. The predicted octanol–water partition coefficient (Wildman–Crippen LogP) is 3.07. The molecule has 2 rings (SSSR count). The molecule has 5 nitrogen and oxygen atoms in total. The van der Waals surface area contributed by atoms with Crippen LogP contribution in [0.5, 0.6) is 0 Å². The number of rotatable bonds is 7. The summed E-state index contributed by atoms with van der Waals surface area (Å²) in [6.07, 6.45) is 1.35. The Morgan fingerprint density at radius 1 is 1.30 bits per heavy atom. The van der Waals surface area contributed by atoms with Crippen molar-refractivity contribution in [3.05, 3.63) is 51.5 Å². The van der Waals surface area contributed by atoms with Crippen LogP contribution in [-0.2, 0) is 6.54 Å². The fraction of sp³-hybridized carbons (Fsp3) is 0.412. The highest BCUT2D eigenvalue weighted by Gasteiger charge is 2.14. The first-order valence-corrected chi connectivity index (χ1v) is 8.55. The molecule has 0 aliphatic heterocycles. The average Bonchev–Trinajstić information content (AvgIpc) is 2.88. The van der Waals surface area contributed by atoms with Gasteiger partial charge in [0.1, 0.15) is 0 Å². The molecule has 0 fully saturated rings. The monoisotopic (exact) mass is 333 g/mol. The molecule has 1 atom stereocenters. The van der Waals surface area contributed by atoms with Crippen LogP contribution in [0.4, 0.5) is 4.79 Å². The average molecular weight is 333 g/mol. The second-order valence-electron chi connectivity index (χ2n) is 5.40. The molecule has 124 valence electrons. The number of aliphatic hydroxyl groups excluding tert-OH is 1. The lowest BCUT2D eigenvalue weighted by molar-refractivity contribution is 0.233. The summed E-state index contributed by atoms with van der Waals surface area (Å²) < 4.78 is 0. The molecule has 0 bridgehead atoms. The van der Waals surface area contributed by atoms with Gasteiger partial charge in [-0.3, -0.25) is 0 Å². The summed E-state index contributed by atoms with van der Waals surface area (Å²) in [5, 5.41) is 15.9. The van der Waals surface area contributed by atoms with Gasteiger partial charge in [0.25, 0.3) is 0 Å². The summed E-state index contributed by atoms with van der Waals surface area (Å²) in [6.45, 7) is 4.50. The van der Waals surface area contributed by atoms with Crippen molar-refractivity contribution in [1.29, 1.82) is 0 Å². The number of aliphatic hydroxyl groups is 1. The number of amides is 2. The van der Waals surface area contributed by atoms with E-state index in [1.807, 2.05) is 44.2 Å². The number of benzene rings is 1. The van der Waals surface area contributed by atoms with Gasteiger partial charge in [-0.2, -0.15) is 0 Å². The van der Waals surface area contributed by atoms with Crippen LogP contribution < -0.4 is 10.6 Å². The number of aryl methyl sites for hydroxylation is 2. The SMILES string of the molecule is Cc1nc(C)c(CNC(=O)NC(CCCO)c2ccccc2)s1. The van der Waals surface area contributed by atoms with Crippen LogP contribution in [0.1, 0.15) is 40.0 Å². The Bertz CT molecular complexity index is 628. The second-order valence-corrected chi connectivity index (χ2v) is 6.69. The maximum atomic E-state index is 12.2. The molecule has 1 aromatic heterocycles. The van der Waals surface area contributed by atoms with E-state index in [4.69, 9.17) is 5.11 Å². The van der Waals surface area contributed by atoms with Crippen molar-refractivity contribution in [2.24, 2.45) is 0 Å². The van der Waals surface area contributed by atoms with Gasteiger partial charge in [0.2, 0.25) is 0 Å². The van der Waals surface area contributed by atoms with E-state index in [0.717, 1.165) is 21.1 Å². The summed E-state index contributed by atoms with van der Waals surface area (Å²) in [7, 11) is 0. The Kier molecular flexibility index (Phi) is 6.55. The first kappa shape index (κ1) is 17.4. The van der Waals surface area contributed by atoms with Gasteiger partial charge in [-0.1, -0.05) is 30.3 Å². The van der Waals surface area contributed by atoms with Crippen LogP contribution in [0.25, 0.3) is 0 Å². The Labute approximate surface area is 140 Å². The molecule has 0 aliphatic rings. The van der Waals surface area contributed by atoms with Crippen molar-refractivity contribution < 1.29 is 9.90 Å². The van der Waals surface area contributed by atoms with Crippen LogP contribution >= 0.6 is 11.3 Å². The van der Waals surface area contributed by atoms with E-state index in [1.54, 1.807) is 11.3 Å². The van der Waals surface area contributed by atoms with Crippen LogP contribution in [0.15, 0.2) is 30.3 Å². The molecule has 3 N–H and O–H groups in total. The molecule has 1 aromatic carbocycles. The van der Waals surface area contributed by atoms with E-state index in [0.29, 0.717) is 19.4 Å². The minimum atomic E-state index is -0.206. The van der Waals surface area contributed by atoms with E-state index in [2.05, 4.69) is 15.6 Å². The zero-order chi connectivity index (χ0) is 16.7. The maximum absolute atomic E-state index is 12.2. The predicted molar refractivity (Wildman–Crippen MR) is 92.5 cm³/mol. The molecule has 0 saturated heterocycles. The fourth-order valence-electron chi connectivity index (χ4n) is 2.41. The molecule has 0 spiro atoms. The van der Waals surface area contributed by atoms with Crippen LogP contribution in [0.3, 0.4) is 0 Å². The third-order valence-corrected chi connectivity index (χ3v) is 4.64. The van der Waals surface area contributed by atoms with E-state index in [9.17, 15) is 4.79 Å². The number of nitrogens with zero attached hydrogens (tertiary/aromatic N) is 1. The number of carbonyl (C=O) groups is 1. The van der Waals surface area contributed by atoms with Crippen LogP contribution in [0, 0.1) is 13.8 Å². The van der Waals surface area contributed by atoms with Gasteiger partial charge in [0.05, 0.1) is 23.3 Å². The Hall–Kier alpha value is -1.92. The number of urea groups is 1. The largest absolute Gasteiger partial charge is 0.396 e. The van der Waals surface area contributed by atoms with Crippen LogP contribution in [-0.4, -0.2) is 22.7 Å². The second kappa shape index (κ2) is 8.64. The molecular formula is C17H23N3O2S. The van der Waals surface area contributed by atoms with Crippen molar-refractivity contribution in [2.45, 2.75) is 39.3 Å². The summed E-state index contributed by atoms with van der Waals surface area (Å²) in [5.41, 5.74) is 2.01. The highest BCUT2D eigenvalue weighted by Crippen LogP contribution is 2.19. The first-order valence-electron chi connectivity index (χ1n) is 7.73. The number of carbonyl (C=O) groups excluding carboxylic acids is 1. The number of thiazole rings is 1. The Morgan fingerprint density at radius 3 is 2.65 bits per heavy atom. The first-order chi connectivity index (χ1) is 11.1. The van der Waals surface area contributed by atoms with Gasteiger partial charge in [0.15, 0.2) is 0 Å². The van der Waals surface area contributed by atoms with E-state index in [-0.39, 0.29) is 18.7 Å². The Morgan fingerprint density at radius 2 is 2.04 bits per heavy atom. The van der Waals surface area contributed by atoms with E-state index < -0.39 is 0 Å². The molecule has 0 radical (unpaired) electrons. The lowest BCUT2D eigenvalue weighted by Crippen LogP contribution is -2.37. The summed E-state index contributed by atoms with van der Waals surface area (Å²) >= 11 is 1.60. The van der Waals surface area contributed by atoms with Crippen molar-refractivity contribution >= 4 is 17.4 Å². The van der Waals surface area contributed by atoms with Gasteiger partial charge in [0, 0.05) is 11.5 Å². The third kappa shape index (κ3) is 5.33. The standard InChI is InChI=1S/C17H23N3O2S/c1-12-16(23-13(2)19-12)11-18-17(22)20-15(9-6-10-21)14-7-4-3-5-8-14/h3-5,7-8,15,21H,6,9-11H2,1-2H3,(H2,18,20,22). The fourth-order valence-corrected chi connectivity index (χ4v) is 3.29. The van der Waals surface area contributed by atoms with Crippen molar-refractivity contribution in [1.82, 2.24) is 15.6 Å². The van der Waals surface area contributed by atoms with E-state index >= 15 is 0 Å². The molecule has 0 saturated carbocycles. The van der Waals surface area contributed by atoms with Gasteiger partial charge < -0.3 is 15.7 Å². The Balaban J connectivity index is 1.93. The molecular weight excluding hydrogens is 310 g/mol. The third-order valence-electron chi connectivity index (χ3n) is 3.57. The molecule has 1 heterocycles. The smallest absolute Gasteiger partial charge is 0.315 e. The number of hydrogen-bond acceptors (Lipinski definition) is 4. The lowest BCUT2D eigenvalue weighted by Gasteiger charge is -2.19. The zero-order valence-electron chi connectivity index (χ0n) is 13.5. The van der Waals surface area contributed by atoms with Crippen LogP contribution in [0.2, 0.25) is 0 Å². The summed E-state index contributed by atoms with van der Waals surface area (Å²) in [4.78, 5) is 17.6. The number of hydrogen-bond donors (Lipinski definition) is 3. The highest BCUT2D eigenvalue weighted by molar-refractivity contribution is 7.11. The number of nitrogens with one attached hydrogen (secondary N) is 2. The van der Waals surface area contributed by atoms with Gasteiger partial charge in [-0.25, -0.2) is 9.78 Å². The summed E-state index contributed by atoms with van der Waals surface area (Å²) in [5.74, 6) is 0. The molecule has 2 amide bonds. The molecule has 23 heavy (non-hydrogen) atoms. The van der Waals surface area contributed by atoms with Gasteiger partial charge in [-0.15, -0.1) is 11.3 Å². The minimum absolute atomic E-state index is 0.104. The van der Waals surface area contributed by atoms with Crippen molar-refractivity contribution in [3.8, 4) is 0 Å².